The molecule has 3 unspecified atom stereocenters. The molecule has 8 heteroatoms. The van der Waals surface area contributed by atoms with Gasteiger partial charge in [-0.15, -0.1) is 0 Å². The van der Waals surface area contributed by atoms with Crippen molar-refractivity contribution >= 4 is 40.9 Å². The number of amidine groups is 1. The lowest BCUT2D eigenvalue weighted by molar-refractivity contribution is -0.115. The number of amides is 2. The number of carbonyl (C=O) groups is 2. The van der Waals surface area contributed by atoms with Gasteiger partial charge >= 0.3 is 6.03 Å². The highest BCUT2D eigenvalue weighted by Gasteiger charge is 2.34. The Morgan fingerprint density at radius 3 is 2.72 bits per heavy atom. The number of benzene rings is 2. The second kappa shape index (κ2) is 9.54. The van der Waals surface area contributed by atoms with Crippen LogP contribution in [0.5, 0.6) is 0 Å². The van der Waals surface area contributed by atoms with E-state index in [1.165, 1.54) is 0 Å². The molecule has 3 N–H and O–H groups in total. The number of fused-ring (bicyclic) bond motifs is 1. The second-order valence-electron chi connectivity index (χ2n) is 9.52. The van der Waals surface area contributed by atoms with Crippen LogP contribution in [-0.2, 0) is 4.79 Å². The van der Waals surface area contributed by atoms with E-state index in [1.54, 1.807) is 12.4 Å². The Labute approximate surface area is 209 Å². The van der Waals surface area contributed by atoms with Crippen LogP contribution in [0.1, 0.15) is 36.3 Å². The van der Waals surface area contributed by atoms with Crippen molar-refractivity contribution in [2.75, 3.05) is 18.5 Å². The highest BCUT2D eigenvalue weighted by molar-refractivity contribution is 6.20. The van der Waals surface area contributed by atoms with Crippen LogP contribution in [0.3, 0.4) is 0 Å². The molecule has 0 bridgehead atoms. The number of hydrogen-bond donors (Lipinski definition) is 3. The molecule has 0 aromatic heterocycles. The van der Waals surface area contributed by atoms with Crippen molar-refractivity contribution in [2.45, 2.75) is 31.2 Å². The lowest BCUT2D eigenvalue weighted by Crippen LogP contribution is -2.38. The van der Waals surface area contributed by atoms with E-state index >= 15 is 0 Å². The minimum Gasteiger partial charge on any atom is -0.357 e. The quantitative estimate of drug-likeness (QED) is 0.604. The molecule has 181 valence electrons. The average Bonchev–Trinajstić information content (AvgIpc) is 3.30. The lowest BCUT2D eigenvalue weighted by Gasteiger charge is -2.32. The molecule has 36 heavy (non-hydrogen) atoms. The highest BCUT2D eigenvalue weighted by Crippen LogP contribution is 2.41. The third-order valence-corrected chi connectivity index (χ3v) is 7.19. The standard InChI is InChI=1S/C28H27N6O2/c35-24-13-17(12-22(18-5-2-1-3-6-18)25(24)27-31-15-29-16-32-27)11-20-14-19(9-10-30-20)21-7-4-8-23-26(21)34-28(36)33-23/h1-8,12-13,15,19-20,25,30H,9-11,14,16H2,(H,33,36)(H,29,31,32). The zero-order valence-electron chi connectivity index (χ0n) is 19.8. The summed E-state index contributed by atoms with van der Waals surface area (Å²) in [6.07, 6.45) is 8.15. The molecule has 3 atom stereocenters. The van der Waals surface area contributed by atoms with Gasteiger partial charge in [-0.05, 0) is 66.1 Å². The first-order valence-electron chi connectivity index (χ1n) is 12.4. The molecule has 4 aliphatic rings. The predicted molar refractivity (Wildman–Crippen MR) is 141 cm³/mol. The van der Waals surface area contributed by atoms with Gasteiger partial charge in [-0.1, -0.05) is 48.5 Å². The molecular formula is C28H27N6O2. The number of ketones is 1. The molecule has 2 aromatic carbocycles. The van der Waals surface area contributed by atoms with Gasteiger partial charge in [0.05, 0.1) is 17.7 Å². The largest absolute Gasteiger partial charge is 0.357 e. The number of hydrogen-bond acceptors (Lipinski definition) is 6. The van der Waals surface area contributed by atoms with Crippen molar-refractivity contribution in [2.24, 2.45) is 15.9 Å². The van der Waals surface area contributed by atoms with Crippen molar-refractivity contribution in [1.82, 2.24) is 16.0 Å². The van der Waals surface area contributed by atoms with Crippen LogP contribution in [0.15, 0.2) is 76.2 Å². The summed E-state index contributed by atoms with van der Waals surface area (Å²) in [6, 6.07) is 15.9. The zero-order chi connectivity index (χ0) is 24.5. The van der Waals surface area contributed by atoms with Crippen LogP contribution in [0, 0.1) is 5.92 Å². The van der Waals surface area contributed by atoms with E-state index in [0.717, 1.165) is 59.5 Å². The van der Waals surface area contributed by atoms with Gasteiger partial charge < -0.3 is 16.0 Å². The van der Waals surface area contributed by atoms with E-state index in [-0.39, 0.29) is 17.9 Å². The predicted octanol–water partition coefficient (Wildman–Crippen LogP) is 3.89. The van der Waals surface area contributed by atoms with Crippen molar-refractivity contribution < 1.29 is 9.59 Å². The molecule has 2 aromatic rings. The SMILES string of the molecule is O=C1[N]c2c(cccc2C2CCNC(CC3=CC(=O)C(C4=NCNC=N4)C(c4ccccc4)=C3)C2)N1. The summed E-state index contributed by atoms with van der Waals surface area (Å²) < 4.78 is 0. The molecule has 1 radical (unpaired) electrons. The van der Waals surface area contributed by atoms with E-state index in [2.05, 4.69) is 43.4 Å². The van der Waals surface area contributed by atoms with Crippen molar-refractivity contribution in [3.63, 3.8) is 0 Å². The Kier molecular flexibility index (Phi) is 5.95. The Morgan fingerprint density at radius 2 is 1.89 bits per heavy atom. The number of anilines is 1. The summed E-state index contributed by atoms with van der Waals surface area (Å²) in [5, 5.41) is 13.6. The summed E-state index contributed by atoms with van der Waals surface area (Å²) in [5.74, 6) is 0.358. The molecule has 1 fully saturated rings. The lowest BCUT2D eigenvalue weighted by atomic mass is 9.79. The molecule has 6 rings (SSSR count). The zero-order valence-corrected chi connectivity index (χ0v) is 19.8. The van der Waals surface area contributed by atoms with Gasteiger partial charge in [-0.2, -0.15) is 5.32 Å². The smallest absolute Gasteiger partial charge is 0.346 e. The Hall–Kier alpha value is -4.04. The van der Waals surface area contributed by atoms with Gasteiger partial charge in [-0.25, -0.2) is 14.8 Å². The summed E-state index contributed by atoms with van der Waals surface area (Å²) in [5.41, 5.74) is 5.63. The summed E-state index contributed by atoms with van der Waals surface area (Å²) >= 11 is 0. The highest BCUT2D eigenvalue weighted by atomic mass is 16.2. The summed E-state index contributed by atoms with van der Waals surface area (Å²) in [6.45, 7) is 1.29. The minimum absolute atomic E-state index is 0.0146. The fraction of sp³-hybridized carbons (Fsp3) is 0.286. The molecule has 2 amide bonds. The third kappa shape index (κ3) is 4.35. The molecular weight excluding hydrogens is 452 g/mol. The molecule has 3 heterocycles. The van der Waals surface area contributed by atoms with Crippen molar-refractivity contribution in [3.05, 3.63) is 77.4 Å². The van der Waals surface area contributed by atoms with Gasteiger partial charge in [0, 0.05) is 6.04 Å². The Balaban J connectivity index is 1.25. The topological polar surface area (TPSA) is 109 Å². The Morgan fingerprint density at radius 1 is 1.00 bits per heavy atom. The number of piperidine rings is 1. The van der Waals surface area contributed by atoms with E-state index in [9.17, 15) is 9.59 Å². The minimum atomic E-state index is -0.500. The average molecular weight is 480 g/mol. The first kappa shape index (κ1) is 22.4. The maximum atomic E-state index is 13.4. The number of urea groups is 1. The van der Waals surface area contributed by atoms with Gasteiger partial charge in [-0.3, -0.25) is 4.79 Å². The van der Waals surface area contributed by atoms with Gasteiger partial charge in [0.1, 0.15) is 18.4 Å². The number of nitrogens with one attached hydrogen (secondary N) is 3. The number of allylic oxidation sites excluding steroid dienone is 2. The van der Waals surface area contributed by atoms with Crippen LogP contribution in [-0.4, -0.2) is 43.2 Å². The number of rotatable bonds is 5. The maximum absolute atomic E-state index is 13.4. The van der Waals surface area contributed by atoms with Crippen LogP contribution in [0.2, 0.25) is 0 Å². The number of carbonyl (C=O) groups excluding carboxylic acids is 2. The number of nitrogens with zero attached hydrogens (tertiary/aromatic N) is 3. The van der Waals surface area contributed by atoms with E-state index in [0.29, 0.717) is 18.4 Å². The summed E-state index contributed by atoms with van der Waals surface area (Å²) in [4.78, 5) is 34.1. The van der Waals surface area contributed by atoms with Crippen LogP contribution in [0.4, 0.5) is 16.2 Å². The van der Waals surface area contributed by atoms with Crippen molar-refractivity contribution in [1.29, 1.82) is 0 Å². The van der Waals surface area contributed by atoms with E-state index in [4.69, 9.17) is 0 Å². The second-order valence-corrected chi connectivity index (χ2v) is 9.52. The third-order valence-electron chi connectivity index (χ3n) is 7.19. The summed E-state index contributed by atoms with van der Waals surface area (Å²) in [7, 11) is 0. The number of para-hydroxylation sites is 1. The van der Waals surface area contributed by atoms with E-state index < -0.39 is 5.92 Å². The van der Waals surface area contributed by atoms with Crippen molar-refractivity contribution in [3.8, 4) is 0 Å². The van der Waals surface area contributed by atoms with Gasteiger partial charge in [0.25, 0.3) is 0 Å². The molecule has 0 saturated carbocycles. The van der Waals surface area contributed by atoms with Gasteiger partial charge in [0.15, 0.2) is 5.78 Å². The van der Waals surface area contributed by atoms with Crippen LogP contribution < -0.4 is 21.3 Å². The first-order chi connectivity index (χ1) is 17.7. The monoisotopic (exact) mass is 479 g/mol. The fourth-order valence-electron chi connectivity index (χ4n) is 5.58. The van der Waals surface area contributed by atoms with Gasteiger partial charge in [0.2, 0.25) is 0 Å². The molecule has 3 aliphatic heterocycles. The normalized spacial score (nSPS) is 25.1. The maximum Gasteiger partial charge on any atom is 0.346 e. The molecule has 0 spiro atoms. The molecule has 1 saturated heterocycles. The van der Waals surface area contributed by atoms with E-state index in [1.807, 2.05) is 42.5 Å². The fourth-order valence-corrected chi connectivity index (χ4v) is 5.58. The number of aliphatic imine (C=N–C) groups is 2. The molecule has 1 aliphatic carbocycles. The Bertz CT molecular complexity index is 1330. The van der Waals surface area contributed by atoms with Crippen LogP contribution >= 0.6 is 0 Å². The molecule has 8 nitrogen and oxygen atoms in total. The first-order valence-corrected chi connectivity index (χ1v) is 12.4. The van der Waals surface area contributed by atoms with Crippen LogP contribution in [0.25, 0.3) is 5.57 Å².